The Morgan fingerprint density at radius 2 is 2.05 bits per heavy atom. The highest BCUT2D eigenvalue weighted by molar-refractivity contribution is 5.84. The Bertz CT molecular complexity index is 783. The van der Waals surface area contributed by atoms with Gasteiger partial charge in [-0.1, -0.05) is 0 Å². The molecule has 22 heavy (non-hydrogen) atoms. The number of fused-ring (bicyclic) bond motifs is 1. The summed E-state index contributed by atoms with van der Waals surface area (Å²) in [6, 6.07) is 2.50. The largest absolute Gasteiger partial charge is 0.468 e. The Balaban J connectivity index is 2.69. The van der Waals surface area contributed by atoms with Crippen molar-refractivity contribution in [2.24, 2.45) is 0 Å². The van der Waals surface area contributed by atoms with Gasteiger partial charge in [-0.3, -0.25) is 9.59 Å². The Kier molecular flexibility index (Phi) is 4.18. The molecule has 9 heteroatoms. The molecule has 0 atom stereocenters. The van der Waals surface area contributed by atoms with Gasteiger partial charge < -0.3 is 9.84 Å². The SMILES string of the molecule is COC(=O)Cn1nc(CO)c2cc(C(F)(F)F)ccc2c1=O. The van der Waals surface area contributed by atoms with E-state index in [1.54, 1.807) is 0 Å². The van der Waals surface area contributed by atoms with E-state index in [1.807, 2.05) is 0 Å². The Morgan fingerprint density at radius 1 is 1.36 bits per heavy atom. The lowest BCUT2D eigenvalue weighted by molar-refractivity contribution is -0.141. The second kappa shape index (κ2) is 5.76. The van der Waals surface area contributed by atoms with Crippen molar-refractivity contribution in [2.45, 2.75) is 19.3 Å². The number of methoxy groups -OCH3 is 1. The van der Waals surface area contributed by atoms with Gasteiger partial charge in [-0.25, -0.2) is 4.68 Å². The summed E-state index contributed by atoms with van der Waals surface area (Å²) in [7, 11) is 1.12. The first-order valence-corrected chi connectivity index (χ1v) is 6.06. The van der Waals surface area contributed by atoms with Crippen LogP contribution in [0, 0.1) is 0 Å². The molecule has 0 bridgehead atoms. The summed E-state index contributed by atoms with van der Waals surface area (Å²) in [6.45, 7) is -1.18. The van der Waals surface area contributed by atoms with Gasteiger partial charge >= 0.3 is 12.1 Å². The number of aromatic nitrogens is 2. The number of ether oxygens (including phenoxy) is 1. The Labute approximate surface area is 121 Å². The molecule has 0 saturated carbocycles. The lowest BCUT2D eigenvalue weighted by Gasteiger charge is -2.11. The maximum atomic E-state index is 12.7. The zero-order chi connectivity index (χ0) is 16.5. The predicted molar refractivity (Wildman–Crippen MR) is 68.9 cm³/mol. The quantitative estimate of drug-likeness (QED) is 0.857. The number of hydrogen-bond acceptors (Lipinski definition) is 5. The summed E-state index contributed by atoms with van der Waals surface area (Å²) in [5.74, 6) is -0.746. The average Bonchev–Trinajstić information content (AvgIpc) is 2.48. The van der Waals surface area contributed by atoms with E-state index in [9.17, 15) is 27.9 Å². The summed E-state index contributed by atoms with van der Waals surface area (Å²) in [6.07, 6.45) is -4.58. The molecule has 0 spiro atoms. The second-order valence-electron chi connectivity index (χ2n) is 4.40. The van der Waals surface area contributed by atoms with Gasteiger partial charge in [0.1, 0.15) is 6.54 Å². The number of nitrogens with zero attached hydrogens (tertiary/aromatic N) is 2. The third kappa shape index (κ3) is 2.93. The molecule has 0 fully saturated rings. The van der Waals surface area contributed by atoms with Gasteiger partial charge in [0.2, 0.25) is 0 Å². The number of esters is 1. The van der Waals surface area contributed by atoms with Crippen molar-refractivity contribution in [2.75, 3.05) is 7.11 Å². The van der Waals surface area contributed by atoms with Crippen LogP contribution in [0.3, 0.4) is 0 Å². The van der Waals surface area contributed by atoms with Crippen molar-refractivity contribution in [1.29, 1.82) is 0 Å². The molecule has 1 heterocycles. The predicted octanol–water partition coefficient (Wildman–Crippen LogP) is 1.08. The van der Waals surface area contributed by atoms with Gasteiger partial charge in [0.05, 0.1) is 30.4 Å². The van der Waals surface area contributed by atoms with Crippen molar-refractivity contribution in [3.63, 3.8) is 0 Å². The summed E-state index contributed by atoms with van der Waals surface area (Å²) in [4.78, 5) is 23.4. The first kappa shape index (κ1) is 16.0. The zero-order valence-corrected chi connectivity index (χ0v) is 11.3. The van der Waals surface area contributed by atoms with E-state index in [0.717, 1.165) is 30.0 Å². The van der Waals surface area contributed by atoms with Crippen molar-refractivity contribution in [1.82, 2.24) is 9.78 Å². The molecule has 2 rings (SSSR count). The monoisotopic (exact) mass is 316 g/mol. The molecule has 1 N–H and O–H groups in total. The van der Waals surface area contributed by atoms with Crippen LogP contribution in [0.25, 0.3) is 10.8 Å². The van der Waals surface area contributed by atoms with E-state index in [2.05, 4.69) is 9.84 Å². The number of halogens is 3. The van der Waals surface area contributed by atoms with Gasteiger partial charge in [-0.2, -0.15) is 18.3 Å². The molecule has 0 aliphatic heterocycles. The molecule has 6 nitrogen and oxygen atoms in total. The highest BCUT2D eigenvalue weighted by Gasteiger charge is 2.31. The smallest absolute Gasteiger partial charge is 0.416 e. The average molecular weight is 316 g/mol. The molecule has 118 valence electrons. The molecule has 1 aromatic carbocycles. The number of aliphatic hydroxyl groups is 1. The maximum Gasteiger partial charge on any atom is 0.416 e. The molecule has 0 unspecified atom stereocenters. The molecule has 0 saturated heterocycles. The fourth-order valence-corrected chi connectivity index (χ4v) is 1.94. The van der Waals surface area contributed by atoms with E-state index < -0.39 is 36.4 Å². The number of carbonyl (C=O) groups excluding carboxylic acids is 1. The van der Waals surface area contributed by atoms with Crippen LogP contribution in [0.4, 0.5) is 13.2 Å². The summed E-state index contributed by atoms with van der Waals surface area (Å²) in [5.41, 5.74) is -1.84. The van der Waals surface area contributed by atoms with Crippen LogP contribution < -0.4 is 5.56 Å². The first-order chi connectivity index (χ1) is 10.3. The molecular formula is C13H11F3N2O4. The number of benzene rings is 1. The third-order valence-corrected chi connectivity index (χ3v) is 3.02. The van der Waals surface area contributed by atoms with E-state index in [4.69, 9.17) is 0 Å². The molecule has 0 amide bonds. The molecule has 0 aliphatic carbocycles. The second-order valence-corrected chi connectivity index (χ2v) is 4.40. The molecule has 2 aromatic rings. The molecular weight excluding hydrogens is 305 g/mol. The van der Waals surface area contributed by atoms with Crippen molar-refractivity contribution < 1.29 is 27.8 Å². The van der Waals surface area contributed by atoms with Gasteiger partial charge in [-0.05, 0) is 18.2 Å². The highest BCUT2D eigenvalue weighted by Crippen LogP contribution is 2.31. The number of carbonyl (C=O) groups is 1. The maximum absolute atomic E-state index is 12.7. The van der Waals surface area contributed by atoms with Crippen molar-refractivity contribution >= 4 is 16.7 Å². The fourth-order valence-electron chi connectivity index (χ4n) is 1.94. The summed E-state index contributed by atoms with van der Waals surface area (Å²) >= 11 is 0. The minimum atomic E-state index is -4.58. The van der Waals surface area contributed by atoms with Crippen LogP contribution in [0.2, 0.25) is 0 Å². The van der Waals surface area contributed by atoms with Crippen molar-refractivity contribution in [3.8, 4) is 0 Å². The highest BCUT2D eigenvalue weighted by atomic mass is 19.4. The number of aliphatic hydroxyl groups excluding tert-OH is 1. The van der Waals surface area contributed by atoms with Gasteiger partial charge in [0, 0.05) is 5.39 Å². The summed E-state index contributed by atoms with van der Waals surface area (Å²) in [5, 5.41) is 12.8. The number of hydrogen-bond donors (Lipinski definition) is 1. The van der Waals surface area contributed by atoms with Gasteiger partial charge in [-0.15, -0.1) is 0 Å². The van der Waals surface area contributed by atoms with E-state index in [1.165, 1.54) is 0 Å². The Morgan fingerprint density at radius 3 is 2.59 bits per heavy atom. The zero-order valence-electron chi connectivity index (χ0n) is 11.3. The standard InChI is InChI=1S/C13H11F3N2O4/c1-22-11(20)5-18-12(21)8-3-2-7(13(14,15)16)4-9(8)10(6-19)17-18/h2-4,19H,5-6H2,1H3. The van der Waals surface area contributed by atoms with Crippen LogP contribution >= 0.6 is 0 Å². The lowest BCUT2D eigenvalue weighted by atomic mass is 10.1. The third-order valence-electron chi connectivity index (χ3n) is 3.02. The fraction of sp³-hybridized carbons (Fsp3) is 0.308. The van der Waals surface area contributed by atoms with Gasteiger partial charge in [0.25, 0.3) is 5.56 Å². The normalized spacial score (nSPS) is 11.7. The molecule has 0 radical (unpaired) electrons. The van der Waals surface area contributed by atoms with Crippen LogP contribution in [0.15, 0.2) is 23.0 Å². The van der Waals surface area contributed by atoms with Crippen LogP contribution in [0.5, 0.6) is 0 Å². The minimum absolute atomic E-state index is 0.0732. The number of rotatable bonds is 3. The van der Waals surface area contributed by atoms with Crippen LogP contribution in [-0.2, 0) is 28.9 Å². The molecule has 0 aliphatic rings. The Hall–Kier alpha value is -2.42. The number of alkyl halides is 3. The van der Waals surface area contributed by atoms with Crippen LogP contribution in [0.1, 0.15) is 11.3 Å². The topological polar surface area (TPSA) is 81.4 Å². The van der Waals surface area contributed by atoms with E-state index >= 15 is 0 Å². The van der Waals surface area contributed by atoms with Crippen LogP contribution in [-0.4, -0.2) is 28.0 Å². The minimum Gasteiger partial charge on any atom is -0.468 e. The first-order valence-electron chi connectivity index (χ1n) is 6.06. The van der Waals surface area contributed by atoms with E-state index in [0.29, 0.717) is 0 Å². The summed E-state index contributed by atoms with van der Waals surface area (Å²) < 4.78 is 43.3. The molecule has 1 aromatic heterocycles. The van der Waals surface area contributed by atoms with E-state index in [-0.39, 0.29) is 16.5 Å². The lowest BCUT2D eigenvalue weighted by Crippen LogP contribution is -2.28. The van der Waals surface area contributed by atoms with Gasteiger partial charge in [0.15, 0.2) is 0 Å². The van der Waals surface area contributed by atoms with Crippen molar-refractivity contribution in [3.05, 3.63) is 39.8 Å².